The average Bonchev–Trinajstić information content (AvgIpc) is 3.20. The Morgan fingerprint density at radius 1 is 1.29 bits per heavy atom. The maximum atomic E-state index is 12.3. The number of halogens is 1. The Hall–Kier alpha value is -2.23. The first kappa shape index (κ1) is 29.0. The molecule has 5 unspecified atom stereocenters. The zero-order chi connectivity index (χ0) is 26.0. The van der Waals surface area contributed by atoms with Gasteiger partial charge in [0.15, 0.2) is 0 Å². The van der Waals surface area contributed by atoms with Gasteiger partial charge in [0.1, 0.15) is 23.1 Å². The van der Waals surface area contributed by atoms with Gasteiger partial charge >= 0.3 is 14.5 Å². The van der Waals surface area contributed by atoms with Crippen LogP contribution in [0, 0.1) is 5.92 Å². The van der Waals surface area contributed by atoms with Crippen LogP contribution in [0.3, 0.4) is 0 Å². The van der Waals surface area contributed by atoms with Crippen LogP contribution in [0.4, 0.5) is 0 Å². The number of ether oxygens (including phenoxy) is 2. The van der Waals surface area contributed by atoms with Crippen LogP contribution in [0.15, 0.2) is 41.6 Å². The molecule has 2 rings (SSSR count). The minimum absolute atomic E-state index is 0.0478. The van der Waals surface area contributed by atoms with E-state index < -0.39 is 32.7 Å². The molecule has 5 atom stereocenters. The van der Waals surface area contributed by atoms with E-state index in [1.165, 1.54) is 18.1 Å². The summed E-state index contributed by atoms with van der Waals surface area (Å²) in [5.74, 6) is -0.396. The number of nitrogens with zero attached hydrogens (tertiary/aromatic N) is 1. The Labute approximate surface area is 212 Å². The monoisotopic (exact) mass is 529 g/mol. The molecule has 1 heterocycles. The van der Waals surface area contributed by atoms with Crippen molar-refractivity contribution in [3.63, 3.8) is 0 Å². The molecule has 0 bridgehead atoms. The van der Waals surface area contributed by atoms with Crippen LogP contribution in [-0.4, -0.2) is 61.3 Å². The highest BCUT2D eigenvalue weighted by atomic mass is 35.5. The lowest BCUT2D eigenvalue weighted by atomic mass is 10.1. The van der Waals surface area contributed by atoms with Crippen molar-refractivity contribution in [1.29, 1.82) is 0 Å². The van der Waals surface area contributed by atoms with E-state index in [4.69, 9.17) is 30.1 Å². The first-order valence-corrected chi connectivity index (χ1v) is 12.8. The molecule has 0 saturated carbocycles. The van der Waals surface area contributed by atoms with Gasteiger partial charge in [-0.3, -0.25) is 19.3 Å². The summed E-state index contributed by atoms with van der Waals surface area (Å²) < 4.78 is 23.2. The van der Waals surface area contributed by atoms with Crippen molar-refractivity contribution < 1.29 is 32.9 Å². The molecular weight excluding hydrogens is 497 g/mol. The summed E-state index contributed by atoms with van der Waals surface area (Å²) in [6.45, 7) is 7.30. The van der Waals surface area contributed by atoms with Crippen LogP contribution in [0.5, 0.6) is 5.75 Å². The molecule has 194 valence electrons. The predicted octanol–water partition coefficient (Wildman–Crippen LogP) is 3.27. The molecule has 1 aliphatic heterocycles. The third-order valence-corrected chi connectivity index (χ3v) is 6.52. The van der Waals surface area contributed by atoms with Gasteiger partial charge in [0.05, 0.1) is 18.8 Å². The highest BCUT2D eigenvalue weighted by molar-refractivity contribution is 7.45. The van der Waals surface area contributed by atoms with Crippen molar-refractivity contribution in [3.05, 3.63) is 41.6 Å². The average molecular weight is 530 g/mol. The highest BCUT2D eigenvalue weighted by Gasteiger charge is 2.37. The van der Waals surface area contributed by atoms with E-state index in [0.717, 1.165) is 0 Å². The van der Waals surface area contributed by atoms with Gasteiger partial charge < -0.3 is 23.8 Å². The molecule has 35 heavy (non-hydrogen) atoms. The number of amides is 2. The first-order chi connectivity index (χ1) is 16.6. The number of hydrogen-bond acceptors (Lipinski definition) is 8. The van der Waals surface area contributed by atoms with Crippen molar-refractivity contribution in [2.75, 3.05) is 13.7 Å². The summed E-state index contributed by atoms with van der Waals surface area (Å²) in [4.78, 5) is 36.8. The Morgan fingerprint density at radius 2 is 1.97 bits per heavy atom. The summed E-state index contributed by atoms with van der Waals surface area (Å²) in [5, 5.41) is 5.31. The molecule has 0 aromatic heterocycles. The smallest absolute Gasteiger partial charge is 0.323 e. The number of benzene rings is 1. The molecule has 1 aromatic rings. The lowest BCUT2D eigenvalue weighted by Gasteiger charge is -2.25. The molecular formula is C23H33ClN3O7P. The standard InChI is InChI=1S/C23H33ClN3O7P/c1-15(2)32-23(30)17(4)26-35(34-18-9-7-6-8-10-18)31-13-19-11-16(3)22(33-19)27(14-28)12-20(24)21(29)25-5/h6-10,12,14-17,19,22,26H,11,13H2,1-5H3,(H,25,29)/b20-12+. The van der Waals surface area contributed by atoms with E-state index in [1.54, 1.807) is 32.9 Å². The Balaban J connectivity index is 2.03. The van der Waals surface area contributed by atoms with Crippen molar-refractivity contribution in [2.24, 2.45) is 5.92 Å². The van der Waals surface area contributed by atoms with E-state index >= 15 is 0 Å². The lowest BCUT2D eigenvalue weighted by Crippen LogP contribution is -2.36. The number of nitrogens with one attached hydrogen (secondary N) is 2. The lowest BCUT2D eigenvalue weighted by molar-refractivity contribution is -0.149. The molecule has 12 heteroatoms. The fourth-order valence-electron chi connectivity index (χ4n) is 3.23. The number of para-hydroxylation sites is 1. The Kier molecular flexibility index (Phi) is 11.9. The normalized spacial score (nSPS) is 21.8. The largest absolute Gasteiger partial charge is 0.462 e. The van der Waals surface area contributed by atoms with E-state index in [2.05, 4.69) is 10.4 Å². The maximum Gasteiger partial charge on any atom is 0.323 e. The topological polar surface area (TPSA) is 115 Å². The van der Waals surface area contributed by atoms with Gasteiger partial charge in [-0.05, 0) is 39.3 Å². The molecule has 1 saturated heterocycles. The van der Waals surface area contributed by atoms with Gasteiger partial charge in [-0.15, -0.1) is 0 Å². The molecule has 10 nitrogen and oxygen atoms in total. The Morgan fingerprint density at radius 3 is 2.57 bits per heavy atom. The van der Waals surface area contributed by atoms with Crippen LogP contribution in [0.2, 0.25) is 0 Å². The second kappa shape index (κ2) is 14.4. The quantitative estimate of drug-likeness (QED) is 0.173. The van der Waals surface area contributed by atoms with Gasteiger partial charge in [0, 0.05) is 19.2 Å². The third kappa shape index (κ3) is 9.39. The van der Waals surface area contributed by atoms with E-state index in [-0.39, 0.29) is 29.8 Å². The van der Waals surface area contributed by atoms with Crippen molar-refractivity contribution >= 4 is 38.4 Å². The first-order valence-electron chi connectivity index (χ1n) is 11.2. The zero-order valence-electron chi connectivity index (χ0n) is 20.5. The summed E-state index contributed by atoms with van der Waals surface area (Å²) in [7, 11) is -0.279. The number of esters is 1. The molecule has 0 aliphatic carbocycles. The number of rotatable bonds is 13. The molecule has 0 radical (unpaired) electrons. The van der Waals surface area contributed by atoms with E-state index in [9.17, 15) is 14.4 Å². The second-order valence-electron chi connectivity index (χ2n) is 8.26. The van der Waals surface area contributed by atoms with Crippen LogP contribution in [0.25, 0.3) is 0 Å². The summed E-state index contributed by atoms with van der Waals surface area (Å²) in [6, 6.07) is 8.43. The third-order valence-electron chi connectivity index (χ3n) is 4.89. The summed E-state index contributed by atoms with van der Waals surface area (Å²) in [5.41, 5.74) is 0. The molecule has 1 aliphatic rings. The van der Waals surface area contributed by atoms with Crippen molar-refractivity contribution in [1.82, 2.24) is 15.3 Å². The van der Waals surface area contributed by atoms with Gasteiger partial charge in [0.2, 0.25) is 6.41 Å². The molecule has 2 N–H and O–H groups in total. The number of hydrogen-bond donors (Lipinski definition) is 2. The minimum atomic E-state index is -1.72. The fraction of sp³-hybridized carbons (Fsp3) is 0.522. The second-order valence-corrected chi connectivity index (χ2v) is 9.88. The van der Waals surface area contributed by atoms with Crippen molar-refractivity contribution in [3.8, 4) is 5.75 Å². The number of carbonyl (C=O) groups is 3. The predicted molar refractivity (Wildman–Crippen MR) is 132 cm³/mol. The maximum absolute atomic E-state index is 12.3. The SMILES string of the molecule is CNC(=O)/C(Cl)=C\N(C=O)C1OC(COP(NC(C)C(=O)OC(C)C)Oc2ccccc2)CC1C. The number of likely N-dealkylation sites (N-methyl/N-ethyl adjacent to an activating group) is 1. The van der Waals surface area contributed by atoms with Gasteiger partial charge in [0.25, 0.3) is 5.91 Å². The summed E-state index contributed by atoms with van der Waals surface area (Å²) in [6.07, 6.45) is 1.19. The highest BCUT2D eigenvalue weighted by Crippen LogP contribution is 2.38. The summed E-state index contributed by atoms with van der Waals surface area (Å²) >= 11 is 5.96. The van der Waals surface area contributed by atoms with E-state index in [0.29, 0.717) is 18.6 Å². The van der Waals surface area contributed by atoms with Crippen LogP contribution in [0.1, 0.15) is 34.1 Å². The van der Waals surface area contributed by atoms with Gasteiger partial charge in [-0.2, -0.15) is 0 Å². The molecule has 2 amide bonds. The number of carbonyl (C=O) groups excluding carboxylic acids is 3. The molecule has 1 fully saturated rings. The minimum Gasteiger partial charge on any atom is -0.462 e. The van der Waals surface area contributed by atoms with Gasteiger partial charge in [-0.25, -0.2) is 5.09 Å². The van der Waals surface area contributed by atoms with Crippen LogP contribution >= 0.6 is 20.1 Å². The van der Waals surface area contributed by atoms with Gasteiger partial charge in [-0.1, -0.05) is 36.7 Å². The fourth-order valence-corrected chi connectivity index (χ4v) is 4.65. The Bertz CT molecular complexity index is 874. The van der Waals surface area contributed by atoms with Crippen LogP contribution in [-0.2, 0) is 28.4 Å². The zero-order valence-corrected chi connectivity index (χ0v) is 22.1. The van der Waals surface area contributed by atoms with E-state index in [1.807, 2.05) is 25.1 Å². The van der Waals surface area contributed by atoms with Crippen LogP contribution < -0.4 is 14.9 Å². The van der Waals surface area contributed by atoms with Crippen molar-refractivity contribution in [2.45, 2.75) is 58.6 Å². The molecule has 0 spiro atoms. The molecule has 1 aromatic carbocycles.